The summed E-state index contributed by atoms with van der Waals surface area (Å²) in [4.78, 5) is 29.8. The number of hydrogen-bond acceptors (Lipinski definition) is 8. The molecule has 0 aliphatic carbocycles. The van der Waals surface area contributed by atoms with Gasteiger partial charge in [0.05, 0.1) is 38.7 Å². The van der Waals surface area contributed by atoms with E-state index in [2.05, 4.69) is 9.68 Å². The summed E-state index contributed by atoms with van der Waals surface area (Å²) in [5.41, 5.74) is -2.70. The van der Waals surface area contributed by atoms with Gasteiger partial charge < -0.3 is 4.52 Å². The number of non-ortho nitro benzene ring substituents is 1. The Bertz CT molecular complexity index is 674. The average molecular weight is 280 g/mol. The summed E-state index contributed by atoms with van der Waals surface area (Å²) >= 11 is 0. The Balaban J connectivity index is 2.85. The average Bonchev–Trinajstić information content (AvgIpc) is 2.90. The number of rotatable bonds is 4. The molecule has 20 heavy (non-hydrogen) atoms. The van der Waals surface area contributed by atoms with Crippen molar-refractivity contribution in [3.8, 4) is 11.1 Å². The first-order chi connectivity index (χ1) is 9.41. The third-order valence-corrected chi connectivity index (χ3v) is 2.41. The van der Waals surface area contributed by atoms with Crippen LogP contribution in [0.4, 0.5) is 17.1 Å². The summed E-state index contributed by atoms with van der Waals surface area (Å²) < 4.78 is 4.49. The normalized spacial score (nSPS) is 10.2. The number of nitro benzene ring substituents is 3. The van der Waals surface area contributed by atoms with Crippen LogP contribution in [0.5, 0.6) is 0 Å². The van der Waals surface area contributed by atoms with E-state index in [9.17, 15) is 30.3 Å². The molecule has 1 aromatic carbocycles. The van der Waals surface area contributed by atoms with Crippen LogP contribution in [0.3, 0.4) is 0 Å². The molecule has 2 aromatic rings. The van der Waals surface area contributed by atoms with Crippen molar-refractivity contribution in [3.05, 3.63) is 54.9 Å². The van der Waals surface area contributed by atoms with E-state index in [4.69, 9.17) is 0 Å². The van der Waals surface area contributed by atoms with Gasteiger partial charge in [0.2, 0.25) is 0 Å². The number of aromatic nitrogens is 1. The van der Waals surface area contributed by atoms with E-state index in [0.717, 1.165) is 12.5 Å². The van der Waals surface area contributed by atoms with E-state index in [-0.39, 0.29) is 5.56 Å². The van der Waals surface area contributed by atoms with Gasteiger partial charge in [-0.15, -0.1) is 0 Å². The van der Waals surface area contributed by atoms with Crippen molar-refractivity contribution in [2.75, 3.05) is 0 Å². The Morgan fingerprint density at radius 3 is 1.85 bits per heavy atom. The van der Waals surface area contributed by atoms with Crippen LogP contribution in [0.2, 0.25) is 0 Å². The number of hydrogen-bond donors (Lipinski definition) is 0. The van der Waals surface area contributed by atoms with Crippen molar-refractivity contribution in [2.24, 2.45) is 0 Å². The highest BCUT2D eigenvalue weighted by molar-refractivity contribution is 5.83. The van der Waals surface area contributed by atoms with Gasteiger partial charge in [-0.1, -0.05) is 5.16 Å². The molecule has 0 atom stereocenters. The molecule has 102 valence electrons. The van der Waals surface area contributed by atoms with Crippen molar-refractivity contribution < 1.29 is 19.3 Å². The van der Waals surface area contributed by atoms with Crippen LogP contribution in [0, 0.1) is 30.3 Å². The molecule has 0 aliphatic heterocycles. The molecule has 0 amide bonds. The Morgan fingerprint density at radius 1 is 0.950 bits per heavy atom. The van der Waals surface area contributed by atoms with E-state index in [1.807, 2.05) is 0 Å². The quantitative estimate of drug-likeness (QED) is 0.608. The largest absolute Gasteiger partial charge is 0.364 e. The Morgan fingerprint density at radius 2 is 1.50 bits per heavy atom. The molecule has 1 heterocycles. The summed E-state index contributed by atoms with van der Waals surface area (Å²) in [5, 5.41) is 35.9. The van der Waals surface area contributed by atoms with E-state index in [1.54, 1.807) is 0 Å². The van der Waals surface area contributed by atoms with Crippen LogP contribution in [-0.2, 0) is 0 Å². The van der Waals surface area contributed by atoms with Gasteiger partial charge in [0.15, 0.2) is 0 Å². The zero-order valence-corrected chi connectivity index (χ0v) is 9.46. The predicted molar refractivity (Wildman–Crippen MR) is 61.9 cm³/mol. The zero-order chi connectivity index (χ0) is 14.9. The van der Waals surface area contributed by atoms with Crippen molar-refractivity contribution in [1.82, 2.24) is 5.16 Å². The Kier molecular flexibility index (Phi) is 3.08. The lowest BCUT2D eigenvalue weighted by molar-refractivity contribution is -0.402. The fourth-order valence-electron chi connectivity index (χ4n) is 1.61. The van der Waals surface area contributed by atoms with E-state index in [1.165, 1.54) is 0 Å². The smallest absolute Gasteiger partial charge is 0.291 e. The monoisotopic (exact) mass is 280 g/mol. The lowest BCUT2D eigenvalue weighted by atomic mass is 10.0. The van der Waals surface area contributed by atoms with Crippen LogP contribution < -0.4 is 0 Å². The van der Waals surface area contributed by atoms with Crippen LogP contribution in [0.25, 0.3) is 11.1 Å². The molecule has 2 rings (SSSR count). The summed E-state index contributed by atoms with van der Waals surface area (Å²) in [6.45, 7) is 0. The maximum absolute atomic E-state index is 11.0. The van der Waals surface area contributed by atoms with Gasteiger partial charge in [-0.3, -0.25) is 30.3 Å². The third-order valence-electron chi connectivity index (χ3n) is 2.41. The second-order valence-electron chi connectivity index (χ2n) is 3.54. The lowest BCUT2D eigenvalue weighted by Crippen LogP contribution is -2.00. The molecule has 0 fully saturated rings. The minimum atomic E-state index is -0.947. The van der Waals surface area contributed by atoms with Gasteiger partial charge in [0, 0.05) is 0 Å². The Labute approximate surface area is 108 Å². The molecule has 0 radical (unpaired) electrons. The van der Waals surface area contributed by atoms with E-state index in [0.29, 0.717) is 12.1 Å². The molecule has 11 nitrogen and oxygen atoms in total. The van der Waals surface area contributed by atoms with Crippen LogP contribution in [0.1, 0.15) is 0 Å². The van der Waals surface area contributed by atoms with Gasteiger partial charge in [-0.05, 0) is 0 Å². The molecule has 0 spiro atoms. The highest BCUT2D eigenvalue weighted by atomic mass is 16.6. The predicted octanol–water partition coefficient (Wildman–Crippen LogP) is 2.07. The summed E-state index contributed by atoms with van der Waals surface area (Å²) in [6.07, 6.45) is 2.02. The summed E-state index contributed by atoms with van der Waals surface area (Å²) in [6, 6.07) is 1.30. The second kappa shape index (κ2) is 4.72. The van der Waals surface area contributed by atoms with Crippen molar-refractivity contribution in [2.45, 2.75) is 0 Å². The topological polar surface area (TPSA) is 155 Å². The van der Waals surface area contributed by atoms with E-state index >= 15 is 0 Å². The molecule has 0 saturated heterocycles. The minimum absolute atomic E-state index is 0.0155. The SMILES string of the molecule is O=[N+]([O-])c1cc([N+](=O)[O-])c(-c2cnoc2)c([N+](=O)[O-])c1. The van der Waals surface area contributed by atoms with Crippen molar-refractivity contribution in [3.63, 3.8) is 0 Å². The molecule has 0 bridgehead atoms. The molecular weight excluding hydrogens is 276 g/mol. The molecule has 0 aliphatic rings. The van der Waals surface area contributed by atoms with Crippen molar-refractivity contribution in [1.29, 1.82) is 0 Å². The number of nitro groups is 3. The van der Waals surface area contributed by atoms with Crippen LogP contribution in [0.15, 0.2) is 29.1 Å². The first-order valence-corrected chi connectivity index (χ1v) is 4.92. The molecular formula is C9H4N4O7. The maximum Gasteiger partial charge on any atom is 0.291 e. The Hall–Kier alpha value is -3.37. The number of benzene rings is 1. The summed E-state index contributed by atoms with van der Waals surface area (Å²) in [7, 11) is 0. The van der Waals surface area contributed by atoms with Gasteiger partial charge >= 0.3 is 0 Å². The molecule has 0 unspecified atom stereocenters. The van der Waals surface area contributed by atoms with Crippen LogP contribution in [-0.4, -0.2) is 19.9 Å². The fraction of sp³-hybridized carbons (Fsp3) is 0. The van der Waals surface area contributed by atoms with Gasteiger partial charge in [0.1, 0.15) is 11.8 Å². The molecule has 11 heteroatoms. The van der Waals surface area contributed by atoms with Gasteiger partial charge in [-0.25, -0.2) is 0 Å². The van der Waals surface area contributed by atoms with E-state index < -0.39 is 37.4 Å². The molecule has 1 aromatic heterocycles. The van der Waals surface area contributed by atoms with Gasteiger partial charge in [0.25, 0.3) is 17.1 Å². The summed E-state index contributed by atoms with van der Waals surface area (Å²) in [5.74, 6) is 0. The second-order valence-corrected chi connectivity index (χ2v) is 3.54. The minimum Gasteiger partial charge on any atom is -0.364 e. The third kappa shape index (κ3) is 2.14. The highest BCUT2D eigenvalue weighted by Crippen LogP contribution is 2.40. The number of nitrogens with zero attached hydrogens (tertiary/aromatic N) is 4. The lowest BCUT2D eigenvalue weighted by Gasteiger charge is -2.01. The standard InChI is InChI=1S/C9H4N4O7/c14-11(15)6-1-7(12(16)17)9(5-3-10-20-4-5)8(2-6)13(18)19/h1-4H. The zero-order valence-electron chi connectivity index (χ0n) is 9.46. The van der Waals surface area contributed by atoms with Gasteiger partial charge in [-0.2, -0.15) is 0 Å². The maximum atomic E-state index is 11.0. The first kappa shape index (κ1) is 13.1. The fourth-order valence-corrected chi connectivity index (χ4v) is 1.61. The highest BCUT2D eigenvalue weighted by Gasteiger charge is 2.32. The molecule has 0 N–H and O–H groups in total. The van der Waals surface area contributed by atoms with Crippen molar-refractivity contribution >= 4 is 17.1 Å². The molecule has 0 saturated carbocycles. The first-order valence-electron chi connectivity index (χ1n) is 4.92. The van der Waals surface area contributed by atoms with Crippen LogP contribution >= 0.6 is 0 Å².